The summed E-state index contributed by atoms with van der Waals surface area (Å²) in [5.74, 6) is -0.300. The molecule has 0 aliphatic rings. The number of halogens is 1. The molecule has 0 fully saturated rings. The number of hydrogen-bond acceptors (Lipinski definition) is 3. The van der Waals surface area contributed by atoms with Crippen molar-refractivity contribution in [3.8, 4) is 0 Å². The van der Waals surface area contributed by atoms with E-state index in [0.29, 0.717) is 24.8 Å². The summed E-state index contributed by atoms with van der Waals surface area (Å²) in [6.07, 6.45) is 2.11. The highest BCUT2D eigenvalue weighted by molar-refractivity contribution is 7.80. The molecule has 0 bridgehead atoms. The Morgan fingerprint density at radius 1 is 1.33 bits per heavy atom. The Labute approximate surface area is 132 Å². The molecule has 21 heavy (non-hydrogen) atoms. The molecule has 0 saturated heterocycles. The summed E-state index contributed by atoms with van der Waals surface area (Å²) in [5, 5.41) is 0. The summed E-state index contributed by atoms with van der Waals surface area (Å²) in [6.45, 7) is 6.48. The molecule has 118 valence electrons. The van der Waals surface area contributed by atoms with Crippen molar-refractivity contribution in [3.05, 3.63) is 35.1 Å². The van der Waals surface area contributed by atoms with Gasteiger partial charge in [0.25, 0.3) is 0 Å². The zero-order valence-corrected chi connectivity index (χ0v) is 13.9. The van der Waals surface area contributed by atoms with Crippen LogP contribution in [0.5, 0.6) is 0 Å². The van der Waals surface area contributed by atoms with Crippen LogP contribution in [0, 0.1) is 5.82 Å². The van der Waals surface area contributed by atoms with Crippen molar-refractivity contribution in [2.24, 2.45) is 5.73 Å². The fraction of sp³-hybridized carbons (Fsp3) is 0.562. The lowest BCUT2D eigenvalue weighted by Crippen LogP contribution is -2.36. The smallest absolute Gasteiger partial charge is 0.124 e. The third-order valence-corrected chi connectivity index (χ3v) is 3.90. The number of methoxy groups -OCH3 is 1. The lowest BCUT2D eigenvalue weighted by molar-refractivity contribution is 0.110. The fourth-order valence-corrected chi connectivity index (χ4v) is 2.64. The summed E-state index contributed by atoms with van der Waals surface area (Å²) in [4.78, 5) is 2.54. The van der Waals surface area contributed by atoms with Crippen LogP contribution in [0.4, 0.5) is 4.39 Å². The Morgan fingerprint density at radius 2 is 2.00 bits per heavy atom. The van der Waals surface area contributed by atoms with E-state index in [4.69, 9.17) is 22.7 Å². The molecule has 0 radical (unpaired) electrons. The zero-order valence-electron chi connectivity index (χ0n) is 13.1. The fourth-order valence-electron chi connectivity index (χ4n) is 2.52. The second kappa shape index (κ2) is 9.07. The van der Waals surface area contributed by atoms with Gasteiger partial charge in [-0.25, -0.2) is 4.39 Å². The standard InChI is InChI=1S/C16H25FN2OS/c1-4-15(5-2)19(6-7-20-3)11-12-8-13(16(18)21)10-14(17)9-12/h8-10,15H,4-7,11H2,1-3H3,(H2,18,21). The van der Waals surface area contributed by atoms with Crippen molar-refractivity contribution in [1.82, 2.24) is 4.90 Å². The molecule has 0 aromatic heterocycles. The van der Waals surface area contributed by atoms with Gasteiger partial charge in [-0.05, 0) is 36.6 Å². The van der Waals surface area contributed by atoms with Crippen molar-refractivity contribution in [1.29, 1.82) is 0 Å². The van der Waals surface area contributed by atoms with Crippen molar-refractivity contribution in [2.45, 2.75) is 39.3 Å². The van der Waals surface area contributed by atoms with Gasteiger partial charge in [0, 0.05) is 31.8 Å². The Hall–Kier alpha value is -1.04. The molecule has 0 spiro atoms. The van der Waals surface area contributed by atoms with Gasteiger partial charge in [-0.3, -0.25) is 4.90 Å². The summed E-state index contributed by atoms with van der Waals surface area (Å²) in [7, 11) is 1.69. The third kappa shape index (κ3) is 5.69. The predicted molar refractivity (Wildman–Crippen MR) is 88.9 cm³/mol. The molecule has 0 amide bonds. The van der Waals surface area contributed by atoms with Crippen LogP contribution >= 0.6 is 12.2 Å². The van der Waals surface area contributed by atoms with Gasteiger partial charge in [0.15, 0.2) is 0 Å². The zero-order chi connectivity index (χ0) is 15.8. The molecule has 1 aromatic carbocycles. The number of rotatable bonds is 9. The normalized spacial score (nSPS) is 11.3. The third-order valence-electron chi connectivity index (χ3n) is 3.67. The van der Waals surface area contributed by atoms with Crippen molar-refractivity contribution in [3.63, 3.8) is 0 Å². The van der Waals surface area contributed by atoms with Crippen LogP contribution in [0.3, 0.4) is 0 Å². The van der Waals surface area contributed by atoms with E-state index >= 15 is 0 Å². The maximum absolute atomic E-state index is 13.7. The van der Waals surface area contributed by atoms with Crippen LogP contribution in [0.25, 0.3) is 0 Å². The van der Waals surface area contributed by atoms with Crippen LogP contribution in [-0.4, -0.2) is 36.2 Å². The maximum Gasteiger partial charge on any atom is 0.124 e. The molecular weight excluding hydrogens is 287 g/mol. The van der Waals surface area contributed by atoms with Gasteiger partial charge in [-0.2, -0.15) is 0 Å². The maximum atomic E-state index is 13.7. The first-order chi connectivity index (χ1) is 10.0. The first kappa shape index (κ1) is 18.0. The van der Waals surface area contributed by atoms with E-state index in [0.717, 1.165) is 24.9 Å². The summed E-state index contributed by atoms with van der Waals surface area (Å²) in [5.41, 5.74) is 7.08. The number of ether oxygens (including phenoxy) is 1. The Balaban J connectivity index is 2.93. The molecular formula is C16H25FN2OS. The van der Waals surface area contributed by atoms with Gasteiger partial charge < -0.3 is 10.5 Å². The van der Waals surface area contributed by atoms with E-state index in [-0.39, 0.29) is 10.8 Å². The van der Waals surface area contributed by atoms with Crippen LogP contribution in [0.15, 0.2) is 18.2 Å². The van der Waals surface area contributed by atoms with Gasteiger partial charge in [0.05, 0.1) is 6.61 Å². The Bertz CT molecular complexity index is 464. The molecule has 0 aliphatic carbocycles. The van der Waals surface area contributed by atoms with Gasteiger partial charge in [0.2, 0.25) is 0 Å². The molecule has 0 heterocycles. The molecule has 0 atom stereocenters. The molecule has 2 N–H and O–H groups in total. The average Bonchev–Trinajstić information content (AvgIpc) is 2.45. The largest absolute Gasteiger partial charge is 0.389 e. The molecule has 5 heteroatoms. The van der Waals surface area contributed by atoms with Gasteiger partial charge in [-0.15, -0.1) is 0 Å². The monoisotopic (exact) mass is 312 g/mol. The second-order valence-electron chi connectivity index (χ2n) is 5.15. The van der Waals surface area contributed by atoms with Crippen molar-refractivity contribution < 1.29 is 9.13 Å². The highest BCUT2D eigenvalue weighted by atomic mass is 32.1. The average molecular weight is 312 g/mol. The number of nitrogens with two attached hydrogens (primary N) is 1. The molecule has 1 aromatic rings. The van der Waals surface area contributed by atoms with Crippen LogP contribution in [0.1, 0.15) is 37.8 Å². The van der Waals surface area contributed by atoms with E-state index in [1.807, 2.05) is 6.07 Å². The van der Waals surface area contributed by atoms with Crippen molar-refractivity contribution in [2.75, 3.05) is 20.3 Å². The van der Waals surface area contributed by atoms with Gasteiger partial charge in [-0.1, -0.05) is 26.1 Å². The van der Waals surface area contributed by atoms with Crippen LogP contribution < -0.4 is 5.73 Å². The molecule has 0 saturated carbocycles. The lowest BCUT2D eigenvalue weighted by Gasteiger charge is -2.30. The Kier molecular flexibility index (Phi) is 7.78. The van der Waals surface area contributed by atoms with E-state index < -0.39 is 0 Å². The number of nitrogens with zero attached hydrogens (tertiary/aromatic N) is 1. The summed E-state index contributed by atoms with van der Waals surface area (Å²) < 4.78 is 18.9. The minimum absolute atomic E-state index is 0.224. The topological polar surface area (TPSA) is 38.5 Å². The molecule has 3 nitrogen and oxygen atoms in total. The highest BCUT2D eigenvalue weighted by Crippen LogP contribution is 2.16. The second-order valence-corrected chi connectivity index (χ2v) is 5.59. The first-order valence-corrected chi connectivity index (χ1v) is 7.74. The summed E-state index contributed by atoms with van der Waals surface area (Å²) in [6, 6.07) is 5.25. The SMILES string of the molecule is CCC(CC)N(CCOC)Cc1cc(F)cc(C(N)=S)c1. The number of thiocarbonyl (C=S) groups is 1. The number of hydrogen-bond donors (Lipinski definition) is 1. The van der Waals surface area contributed by atoms with Gasteiger partial charge >= 0.3 is 0 Å². The van der Waals surface area contributed by atoms with E-state index in [1.165, 1.54) is 6.07 Å². The minimum atomic E-state index is -0.300. The first-order valence-electron chi connectivity index (χ1n) is 7.34. The van der Waals surface area contributed by atoms with Crippen LogP contribution in [-0.2, 0) is 11.3 Å². The summed E-state index contributed by atoms with van der Waals surface area (Å²) >= 11 is 4.94. The van der Waals surface area contributed by atoms with E-state index in [1.54, 1.807) is 13.2 Å². The predicted octanol–water partition coefficient (Wildman–Crippen LogP) is 3.10. The molecule has 1 rings (SSSR count). The van der Waals surface area contributed by atoms with E-state index in [9.17, 15) is 4.39 Å². The highest BCUT2D eigenvalue weighted by Gasteiger charge is 2.16. The molecule has 0 aliphatic heterocycles. The quantitative estimate of drug-likeness (QED) is 0.711. The lowest BCUT2D eigenvalue weighted by atomic mass is 10.1. The molecule has 0 unspecified atom stereocenters. The van der Waals surface area contributed by atoms with E-state index in [2.05, 4.69) is 18.7 Å². The number of benzene rings is 1. The Morgan fingerprint density at radius 3 is 2.52 bits per heavy atom. The van der Waals surface area contributed by atoms with Crippen LogP contribution in [0.2, 0.25) is 0 Å². The van der Waals surface area contributed by atoms with Crippen molar-refractivity contribution >= 4 is 17.2 Å². The minimum Gasteiger partial charge on any atom is -0.389 e. The van der Waals surface area contributed by atoms with Gasteiger partial charge in [0.1, 0.15) is 10.8 Å².